The summed E-state index contributed by atoms with van der Waals surface area (Å²) in [5.74, 6) is 0.112. The summed E-state index contributed by atoms with van der Waals surface area (Å²) in [5.41, 5.74) is 6.21. The molecule has 1 aromatic carbocycles. The molecule has 1 unspecified atom stereocenters. The zero-order valence-electron chi connectivity index (χ0n) is 12.7. The van der Waals surface area contributed by atoms with E-state index in [-0.39, 0.29) is 5.97 Å². The topological polar surface area (TPSA) is 61.5 Å². The van der Waals surface area contributed by atoms with Crippen molar-refractivity contribution < 1.29 is 14.3 Å². The maximum absolute atomic E-state index is 12.0. The second-order valence-corrected chi connectivity index (χ2v) is 5.30. The lowest BCUT2D eigenvalue weighted by molar-refractivity contribution is -0.151. The molecule has 0 radical (unpaired) electrons. The van der Waals surface area contributed by atoms with Crippen molar-refractivity contribution in [3.63, 3.8) is 0 Å². The number of hydrogen-bond donors (Lipinski definition) is 1. The molecule has 0 saturated heterocycles. The molecule has 118 valence electrons. The molecule has 4 nitrogen and oxygen atoms in total. The van der Waals surface area contributed by atoms with Gasteiger partial charge in [0.1, 0.15) is 5.75 Å². The number of anilines is 1. The van der Waals surface area contributed by atoms with Gasteiger partial charge in [-0.25, -0.2) is 4.79 Å². The highest BCUT2D eigenvalue weighted by molar-refractivity contribution is 6.32. The number of rotatable bonds is 9. The van der Waals surface area contributed by atoms with E-state index in [0.29, 0.717) is 29.5 Å². The number of hydrogen-bond acceptors (Lipinski definition) is 4. The Hall–Kier alpha value is -1.42. The van der Waals surface area contributed by atoms with Gasteiger partial charge in [-0.05, 0) is 38.0 Å². The Bertz CT molecular complexity index is 451. The van der Waals surface area contributed by atoms with Crippen molar-refractivity contribution in [2.45, 2.75) is 52.1 Å². The number of unbranched alkanes of at least 4 members (excludes halogenated alkanes) is 3. The molecule has 0 fully saturated rings. The molecule has 0 bridgehead atoms. The molecule has 0 aliphatic carbocycles. The monoisotopic (exact) mass is 313 g/mol. The molecule has 21 heavy (non-hydrogen) atoms. The van der Waals surface area contributed by atoms with Crippen LogP contribution in [0.2, 0.25) is 5.02 Å². The second-order valence-electron chi connectivity index (χ2n) is 4.90. The van der Waals surface area contributed by atoms with Crippen molar-refractivity contribution in [3.05, 3.63) is 23.2 Å². The van der Waals surface area contributed by atoms with E-state index in [4.69, 9.17) is 26.8 Å². The van der Waals surface area contributed by atoms with Crippen LogP contribution in [0.3, 0.4) is 0 Å². The third kappa shape index (κ3) is 6.25. The van der Waals surface area contributed by atoms with E-state index in [2.05, 4.69) is 6.92 Å². The fraction of sp³-hybridized carbons (Fsp3) is 0.562. The normalized spacial score (nSPS) is 12.0. The van der Waals surface area contributed by atoms with Crippen LogP contribution in [0.1, 0.15) is 46.0 Å². The molecule has 0 spiro atoms. The smallest absolute Gasteiger partial charge is 0.347 e. The highest BCUT2D eigenvalue weighted by Crippen LogP contribution is 2.28. The van der Waals surface area contributed by atoms with Gasteiger partial charge in [-0.2, -0.15) is 0 Å². The predicted molar refractivity (Wildman–Crippen MR) is 85.7 cm³/mol. The Morgan fingerprint density at radius 2 is 2.05 bits per heavy atom. The molecule has 1 rings (SSSR count). The average Bonchev–Trinajstić information content (AvgIpc) is 2.44. The average molecular weight is 314 g/mol. The van der Waals surface area contributed by atoms with E-state index in [0.717, 1.165) is 25.7 Å². The highest BCUT2D eigenvalue weighted by atomic mass is 35.5. The van der Waals surface area contributed by atoms with Crippen LogP contribution >= 0.6 is 11.6 Å². The zero-order chi connectivity index (χ0) is 15.7. The van der Waals surface area contributed by atoms with Gasteiger partial charge in [0.2, 0.25) is 0 Å². The Morgan fingerprint density at radius 3 is 2.67 bits per heavy atom. The molecule has 1 atom stereocenters. The minimum atomic E-state index is -0.622. The van der Waals surface area contributed by atoms with Crippen LogP contribution in [0.4, 0.5) is 5.69 Å². The van der Waals surface area contributed by atoms with Crippen LogP contribution in [0, 0.1) is 0 Å². The minimum Gasteiger partial charge on any atom is -0.477 e. The number of nitrogens with two attached hydrogens (primary N) is 1. The number of benzene rings is 1. The van der Waals surface area contributed by atoms with E-state index in [1.165, 1.54) is 0 Å². The quantitative estimate of drug-likeness (QED) is 0.421. The molecule has 2 N–H and O–H groups in total. The SMILES string of the molecule is CCCCCCC(Oc1ccc(N)cc1Cl)C(=O)OCC. The van der Waals surface area contributed by atoms with Crippen molar-refractivity contribution in [2.24, 2.45) is 0 Å². The largest absolute Gasteiger partial charge is 0.477 e. The molecular formula is C16H24ClNO3. The van der Waals surface area contributed by atoms with E-state index < -0.39 is 6.10 Å². The van der Waals surface area contributed by atoms with Crippen LogP contribution in [0.25, 0.3) is 0 Å². The summed E-state index contributed by atoms with van der Waals surface area (Å²) in [6, 6.07) is 4.98. The number of carbonyl (C=O) groups is 1. The van der Waals surface area contributed by atoms with Crippen LogP contribution in [-0.2, 0) is 9.53 Å². The molecule has 0 amide bonds. The number of halogens is 1. The lowest BCUT2D eigenvalue weighted by Gasteiger charge is -2.18. The molecular weight excluding hydrogens is 290 g/mol. The fourth-order valence-electron chi connectivity index (χ4n) is 1.98. The van der Waals surface area contributed by atoms with Gasteiger partial charge in [0.15, 0.2) is 6.10 Å². The van der Waals surface area contributed by atoms with Gasteiger partial charge in [-0.1, -0.05) is 37.8 Å². The van der Waals surface area contributed by atoms with E-state index >= 15 is 0 Å². The summed E-state index contributed by atoms with van der Waals surface area (Å²) < 4.78 is 10.8. The molecule has 1 aromatic rings. The Labute approximate surface area is 131 Å². The molecule has 0 aliphatic rings. The first kappa shape index (κ1) is 17.6. The Morgan fingerprint density at radius 1 is 1.29 bits per heavy atom. The highest BCUT2D eigenvalue weighted by Gasteiger charge is 2.22. The van der Waals surface area contributed by atoms with E-state index in [9.17, 15) is 4.79 Å². The molecule has 5 heteroatoms. The maximum Gasteiger partial charge on any atom is 0.347 e. The first-order valence-electron chi connectivity index (χ1n) is 7.46. The van der Waals surface area contributed by atoms with Crippen LogP contribution in [0.5, 0.6) is 5.75 Å². The Kier molecular flexibility index (Phi) is 7.98. The minimum absolute atomic E-state index is 0.336. The van der Waals surface area contributed by atoms with Gasteiger partial charge in [-0.15, -0.1) is 0 Å². The third-order valence-electron chi connectivity index (χ3n) is 3.09. The first-order chi connectivity index (χ1) is 10.1. The van der Waals surface area contributed by atoms with E-state index in [1.807, 2.05) is 0 Å². The summed E-state index contributed by atoms with van der Waals surface area (Å²) in [7, 11) is 0. The van der Waals surface area contributed by atoms with Crippen molar-refractivity contribution in [2.75, 3.05) is 12.3 Å². The third-order valence-corrected chi connectivity index (χ3v) is 3.39. The summed E-state index contributed by atoms with van der Waals surface area (Å²) in [6.45, 7) is 4.26. The number of esters is 1. The summed E-state index contributed by atoms with van der Waals surface area (Å²) in [6.07, 6.45) is 4.30. The van der Waals surface area contributed by atoms with Gasteiger partial charge < -0.3 is 15.2 Å². The standard InChI is InChI=1S/C16H24ClNO3/c1-3-5-6-7-8-15(16(19)20-4-2)21-14-10-9-12(18)11-13(14)17/h9-11,15H,3-8,18H2,1-2H3. The maximum atomic E-state index is 12.0. The summed E-state index contributed by atoms with van der Waals surface area (Å²) in [5, 5.41) is 0.401. The lowest BCUT2D eigenvalue weighted by atomic mass is 10.1. The summed E-state index contributed by atoms with van der Waals surface area (Å²) in [4.78, 5) is 12.0. The summed E-state index contributed by atoms with van der Waals surface area (Å²) >= 11 is 6.08. The number of ether oxygens (including phenoxy) is 2. The molecule has 0 aromatic heterocycles. The van der Waals surface area contributed by atoms with Crippen molar-refractivity contribution in [3.8, 4) is 5.75 Å². The van der Waals surface area contributed by atoms with Gasteiger partial charge in [0.05, 0.1) is 11.6 Å². The van der Waals surface area contributed by atoms with E-state index in [1.54, 1.807) is 25.1 Å². The fourth-order valence-corrected chi connectivity index (χ4v) is 2.22. The van der Waals surface area contributed by atoms with Gasteiger partial charge in [0.25, 0.3) is 0 Å². The van der Waals surface area contributed by atoms with Crippen LogP contribution < -0.4 is 10.5 Å². The Balaban J connectivity index is 2.68. The number of carbonyl (C=O) groups excluding carboxylic acids is 1. The van der Waals surface area contributed by atoms with Crippen molar-refractivity contribution in [1.29, 1.82) is 0 Å². The van der Waals surface area contributed by atoms with Crippen LogP contribution in [0.15, 0.2) is 18.2 Å². The molecule has 0 aliphatic heterocycles. The van der Waals surface area contributed by atoms with Crippen LogP contribution in [-0.4, -0.2) is 18.7 Å². The predicted octanol–water partition coefficient (Wildman–Crippen LogP) is 4.20. The van der Waals surface area contributed by atoms with Gasteiger partial charge in [0, 0.05) is 5.69 Å². The van der Waals surface area contributed by atoms with Crippen molar-refractivity contribution in [1.82, 2.24) is 0 Å². The van der Waals surface area contributed by atoms with Gasteiger partial charge >= 0.3 is 5.97 Å². The second kappa shape index (κ2) is 9.50. The van der Waals surface area contributed by atoms with Gasteiger partial charge in [-0.3, -0.25) is 0 Å². The molecule has 0 heterocycles. The first-order valence-corrected chi connectivity index (χ1v) is 7.84. The lowest BCUT2D eigenvalue weighted by Crippen LogP contribution is -2.29. The van der Waals surface area contributed by atoms with Crippen molar-refractivity contribution >= 4 is 23.3 Å². The zero-order valence-corrected chi connectivity index (χ0v) is 13.5. The number of nitrogen functional groups attached to an aromatic ring is 1. The molecule has 0 saturated carbocycles.